The summed E-state index contributed by atoms with van der Waals surface area (Å²) in [4.78, 5) is 3.48. The van der Waals surface area contributed by atoms with Crippen molar-refractivity contribution >= 4 is 12.3 Å². The zero-order chi connectivity index (χ0) is 12.4. The van der Waals surface area contributed by atoms with Gasteiger partial charge in [0.05, 0.1) is 0 Å². The van der Waals surface area contributed by atoms with E-state index in [1.807, 2.05) is 12.2 Å². The lowest BCUT2D eigenvalue weighted by molar-refractivity contribution is 0.341. The minimum atomic E-state index is 0.746. The fourth-order valence-corrected chi connectivity index (χ4v) is 2.78. The first-order valence-corrected chi connectivity index (χ1v) is 6.41. The third-order valence-corrected chi connectivity index (χ3v) is 3.89. The lowest BCUT2D eigenvalue weighted by atomic mass is 9.80. The van der Waals surface area contributed by atoms with E-state index >= 15 is 0 Å². The maximum absolute atomic E-state index is 5.77. The molecule has 0 fully saturated rings. The van der Waals surface area contributed by atoms with E-state index in [1.54, 1.807) is 6.20 Å². The van der Waals surface area contributed by atoms with Crippen molar-refractivity contribution in [3.8, 4) is 0 Å². The van der Waals surface area contributed by atoms with Gasteiger partial charge in [0.25, 0.3) is 0 Å². The Morgan fingerprint density at radius 1 is 1.47 bits per heavy atom. The molecule has 0 saturated heterocycles. The molecule has 1 aliphatic rings. The van der Waals surface area contributed by atoms with Gasteiger partial charge in [0, 0.05) is 22.5 Å². The molecule has 17 heavy (non-hydrogen) atoms. The Hall–Kier alpha value is -1.44. The highest BCUT2D eigenvalue weighted by atomic mass is 14.7. The van der Waals surface area contributed by atoms with E-state index in [0.717, 1.165) is 30.0 Å². The summed E-state index contributed by atoms with van der Waals surface area (Å²) in [7, 11) is 0. The minimum Gasteiger partial charge on any atom is -0.404 e. The summed E-state index contributed by atoms with van der Waals surface area (Å²) in [6, 6.07) is 0. The summed E-state index contributed by atoms with van der Waals surface area (Å²) < 4.78 is 0. The van der Waals surface area contributed by atoms with Crippen molar-refractivity contribution in [1.82, 2.24) is 4.98 Å². The molecule has 2 heteroatoms. The van der Waals surface area contributed by atoms with Crippen molar-refractivity contribution in [1.29, 1.82) is 0 Å². The smallest absolute Gasteiger partial charge is 0.0473 e. The molecule has 1 heterocycles. The number of aromatic nitrogens is 1. The molecule has 0 saturated carbocycles. The Labute approximate surface area is 103 Å². The summed E-state index contributed by atoms with van der Waals surface area (Å²) in [5, 5.41) is 2.28. The van der Waals surface area contributed by atoms with E-state index in [2.05, 4.69) is 25.4 Å². The topological polar surface area (TPSA) is 41.8 Å². The second kappa shape index (κ2) is 4.82. The minimum absolute atomic E-state index is 0.746. The summed E-state index contributed by atoms with van der Waals surface area (Å²) in [6.45, 7) is 8.37. The number of H-pyrrole nitrogens is 1. The first kappa shape index (κ1) is 12.0. The summed E-state index contributed by atoms with van der Waals surface area (Å²) in [5.41, 5.74) is 8.56. The number of nitrogens with two attached hydrogens (primary N) is 1. The van der Waals surface area contributed by atoms with E-state index in [9.17, 15) is 0 Å². The molecule has 0 aromatic carbocycles. The van der Waals surface area contributed by atoms with Crippen LogP contribution in [0.25, 0.3) is 12.3 Å². The first-order chi connectivity index (χ1) is 8.17. The second-order valence-electron chi connectivity index (χ2n) is 5.23. The molecule has 2 rings (SSSR count). The molecule has 0 spiro atoms. The van der Waals surface area contributed by atoms with Gasteiger partial charge in [-0.15, -0.1) is 0 Å². The third kappa shape index (κ3) is 2.17. The standard InChI is InChI=1S/C15H22N2/c1-4-5-14-13(9-16)12-8-11(10(2)3)6-7-15(12)17-14/h4-5,9-11,17H,1,6-8,16H2,2-3H3/b13-9-,14-5+. The van der Waals surface area contributed by atoms with Crippen LogP contribution in [0.15, 0.2) is 12.7 Å². The third-order valence-electron chi connectivity index (χ3n) is 3.89. The largest absolute Gasteiger partial charge is 0.404 e. The molecule has 0 amide bonds. The quantitative estimate of drug-likeness (QED) is 0.793. The van der Waals surface area contributed by atoms with Crippen LogP contribution in [0.1, 0.15) is 31.5 Å². The summed E-state index contributed by atoms with van der Waals surface area (Å²) >= 11 is 0. The molecule has 3 N–H and O–H groups in total. The van der Waals surface area contributed by atoms with E-state index in [4.69, 9.17) is 5.73 Å². The Kier molecular flexibility index (Phi) is 3.41. The first-order valence-electron chi connectivity index (χ1n) is 6.41. The predicted molar refractivity (Wildman–Crippen MR) is 73.7 cm³/mol. The van der Waals surface area contributed by atoms with Crippen molar-refractivity contribution in [2.75, 3.05) is 0 Å². The number of nitrogens with one attached hydrogen (secondary N) is 1. The molecule has 92 valence electrons. The van der Waals surface area contributed by atoms with Crippen LogP contribution in [-0.2, 0) is 12.8 Å². The Morgan fingerprint density at radius 3 is 2.82 bits per heavy atom. The predicted octanol–water partition coefficient (Wildman–Crippen LogP) is 1.44. The summed E-state index contributed by atoms with van der Waals surface area (Å²) in [5.74, 6) is 1.53. The molecule has 1 unspecified atom stereocenters. The Morgan fingerprint density at radius 2 is 2.24 bits per heavy atom. The second-order valence-corrected chi connectivity index (χ2v) is 5.23. The lowest BCUT2D eigenvalue weighted by Crippen LogP contribution is -2.29. The monoisotopic (exact) mass is 230 g/mol. The van der Waals surface area contributed by atoms with Gasteiger partial charge in [-0.1, -0.05) is 26.5 Å². The van der Waals surface area contributed by atoms with Crippen LogP contribution in [0.2, 0.25) is 0 Å². The maximum atomic E-state index is 5.77. The van der Waals surface area contributed by atoms with Crippen molar-refractivity contribution in [3.05, 3.63) is 34.5 Å². The number of aryl methyl sites for hydroxylation is 1. The van der Waals surface area contributed by atoms with Gasteiger partial charge in [-0.25, -0.2) is 0 Å². The van der Waals surface area contributed by atoms with Gasteiger partial charge in [-0.05, 0) is 42.7 Å². The van der Waals surface area contributed by atoms with Crippen molar-refractivity contribution in [2.24, 2.45) is 17.6 Å². The molecule has 0 aliphatic heterocycles. The van der Waals surface area contributed by atoms with Crippen molar-refractivity contribution in [2.45, 2.75) is 33.1 Å². The SMILES string of the molecule is C=C/C=c1/[nH]c2c(/c1=C/N)CC(C(C)C)CC2. The van der Waals surface area contributed by atoms with Gasteiger partial charge in [-0.2, -0.15) is 0 Å². The molecule has 1 aromatic rings. The average Bonchev–Trinajstić information content (AvgIpc) is 2.65. The van der Waals surface area contributed by atoms with Crippen LogP contribution < -0.4 is 16.3 Å². The number of rotatable bonds is 2. The molecule has 1 aromatic heterocycles. The summed E-state index contributed by atoms with van der Waals surface area (Å²) in [6.07, 6.45) is 9.11. The van der Waals surface area contributed by atoms with Gasteiger partial charge in [0.1, 0.15) is 0 Å². The van der Waals surface area contributed by atoms with Crippen molar-refractivity contribution in [3.63, 3.8) is 0 Å². The number of fused-ring (bicyclic) bond motifs is 1. The molecule has 2 nitrogen and oxygen atoms in total. The molecule has 1 aliphatic carbocycles. The van der Waals surface area contributed by atoms with Gasteiger partial charge >= 0.3 is 0 Å². The molecular formula is C15H22N2. The van der Waals surface area contributed by atoms with Crippen LogP contribution in [0.3, 0.4) is 0 Å². The number of aromatic amines is 1. The Balaban J connectivity index is 2.51. The number of hydrogen-bond donors (Lipinski definition) is 2. The normalized spacial score (nSPS) is 21.9. The van der Waals surface area contributed by atoms with Gasteiger partial charge < -0.3 is 10.7 Å². The highest BCUT2D eigenvalue weighted by Crippen LogP contribution is 2.27. The molecule has 0 bridgehead atoms. The fourth-order valence-electron chi connectivity index (χ4n) is 2.78. The zero-order valence-corrected chi connectivity index (χ0v) is 10.8. The fraction of sp³-hybridized carbons (Fsp3) is 0.467. The highest BCUT2D eigenvalue weighted by molar-refractivity contribution is 5.41. The van der Waals surface area contributed by atoms with Crippen molar-refractivity contribution < 1.29 is 0 Å². The van der Waals surface area contributed by atoms with E-state index in [-0.39, 0.29) is 0 Å². The molecule has 1 atom stereocenters. The zero-order valence-electron chi connectivity index (χ0n) is 10.8. The van der Waals surface area contributed by atoms with E-state index < -0.39 is 0 Å². The molecule has 0 radical (unpaired) electrons. The van der Waals surface area contributed by atoms with Crippen LogP contribution in [0.4, 0.5) is 0 Å². The maximum Gasteiger partial charge on any atom is 0.0473 e. The van der Waals surface area contributed by atoms with E-state index in [0.29, 0.717) is 0 Å². The van der Waals surface area contributed by atoms with Crippen LogP contribution >= 0.6 is 0 Å². The lowest BCUT2D eigenvalue weighted by Gasteiger charge is -2.25. The number of allylic oxidation sites excluding steroid dienone is 1. The van der Waals surface area contributed by atoms with E-state index in [1.165, 1.54) is 22.9 Å². The van der Waals surface area contributed by atoms with Crippen LogP contribution in [0, 0.1) is 11.8 Å². The molecular weight excluding hydrogens is 208 g/mol. The van der Waals surface area contributed by atoms with Gasteiger partial charge in [-0.3, -0.25) is 0 Å². The van der Waals surface area contributed by atoms with Crippen LogP contribution in [0.5, 0.6) is 0 Å². The number of hydrogen-bond acceptors (Lipinski definition) is 1. The highest BCUT2D eigenvalue weighted by Gasteiger charge is 2.23. The Bertz CT molecular complexity index is 520. The van der Waals surface area contributed by atoms with Crippen LogP contribution in [-0.4, -0.2) is 4.98 Å². The van der Waals surface area contributed by atoms with Gasteiger partial charge in [0.2, 0.25) is 0 Å². The van der Waals surface area contributed by atoms with Gasteiger partial charge in [0.15, 0.2) is 0 Å². The average molecular weight is 230 g/mol.